The third kappa shape index (κ3) is 4.74. The molecule has 3 aromatic rings. The molecule has 7 heteroatoms. The number of benzene rings is 2. The van der Waals surface area contributed by atoms with Crippen LogP contribution >= 0.6 is 0 Å². The van der Waals surface area contributed by atoms with Gasteiger partial charge in [-0.2, -0.15) is 0 Å². The lowest BCUT2D eigenvalue weighted by atomic mass is 10.2. The third-order valence-corrected chi connectivity index (χ3v) is 5.44. The van der Waals surface area contributed by atoms with Crippen LogP contribution in [0.25, 0.3) is 11.0 Å². The highest BCUT2D eigenvalue weighted by Crippen LogP contribution is 2.26. The van der Waals surface area contributed by atoms with Crippen molar-refractivity contribution in [3.63, 3.8) is 0 Å². The second-order valence-corrected chi connectivity index (χ2v) is 8.02. The highest BCUT2D eigenvalue weighted by molar-refractivity contribution is 7.92. The molecule has 0 saturated heterocycles. The Morgan fingerprint density at radius 1 is 0.963 bits per heavy atom. The number of hydrogen-bond acceptors (Lipinski definition) is 5. The molecule has 0 amide bonds. The molecule has 2 aromatic carbocycles. The van der Waals surface area contributed by atoms with Gasteiger partial charge in [-0.05, 0) is 37.6 Å². The van der Waals surface area contributed by atoms with E-state index >= 15 is 0 Å². The van der Waals surface area contributed by atoms with Crippen LogP contribution in [0, 0.1) is 6.92 Å². The van der Waals surface area contributed by atoms with Gasteiger partial charge < -0.3 is 4.74 Å². The summed E-state index contributed by atoms with van der Waals surface area (Å²) >= 11 is 0. The molecule has 0 bridgehead atoms. The lowest BCUT2D eigenvalue weighted by Gasteiger charge is -2.13. The molecule has 27 heavy (non-hydrogen) atoms. The van der Waals surface area contributed by atoms with Crippen molar-refractivity contribution in [1.29, 1.82) is 0 Å². The maximum atomic E-state index is 12.7. The van der Waals surface area contributed by atoms with E-state index in [0.717, 1.165) is 24.8 Å². The summed E-state index contributed by atoms with van der Waals surface area (Å²) in [7, 11) is -3.79. The maximum absolute atomic E-state index is 12.7. The number of fused-ring (bicyclic) bond motifs is 1. The fourth-order valence-electron chi connectivity index (χ4n) is 2.58. The molecule has 3 rings (SSSR count). The van der Waals surface area contributed by atoms with Crippen LogP contribution in [0.4, 0.5) is 5.82 Å². The minimum atomic E-state index is -3.79. The average molecular weight is 385 g/mol. The van der Waals surface area contributed by atoms with Crippen molar-refractivity contribution in [3.8, 4) is 5.88 Å². The summed E-state index contributed by atoms with van der Waals surface area (Å²) in [4.78, 5) is 9.04. The molecular weight excluding hydrogens is 362 g/mol. The molecular formula is C20H23N3O3S. The zero-order valence-electron chi connectivity index (χ0n) is 15.5. The van der Waals surface area contributed by atoms with Crippen molar-refractivity contribution >= 4 is 26.9 Å². The van der Waals surface area contributed by atoms with E-state index in [-0.39, 0.29) is 16.6 Å². The van der Waals surface area contributed by atoms with E-state index in [1.54, 1.807) is 30.3 Å². The maximum Gasteiger partial charge on any atom is 0.263 e. The van der Waals surface area contributed by atoms with Crippen molar-refractivity contribution in [1.82, 2.24) is 9.97 Å². The van der Waals surface area contributed by atoms with Gasteiger partial charge >= 0.3 is 0 Å². The first-order chi connectivity index (χ1) is 13.0. The van der Waals surface area contributed by atoms with Gasteiger partial charge in [0.25, 0.3) is 15.9 Å². The van der Waals surface area contributed by atoms with Gasteiger partial charge in [0.1, 0.15) is 0 Å². The highest BCUT2D eigenvalue weighted by Gasteiger charge is 2.19. The second kappa shape index (κ2) is 8.35. The van der Waals surface area contributed by atoms with Gasteiger partial charge in [0.05, 0.1) is 22.5 Å². The van der Waals surface area contributed by atoms with Crippen LogP contribution in [-0.2, 0) is 10.0 Å². The monoisotopic (exact) mass is 385 g/mol. The van der Waals surface area contributed by atoms with Crippen LogP contribution in [0.3, 0.4) is 0 Å². The van der Waals surface area contributed by atoms with E-state index in [4.69, 9.17) is 4.74 Å². The number of nitrogens with one attached hydrogen (secondary N) is 1. The minimum absolute atomic E-state index is 0.103. The zero-order valence-corrected chi connectivity index (χ0v) is 16.3. The lowest BCUT2D eigenvalue weighted by Crippen LogP contribution is -2.16. The molecule has 6 nitrogen and oxygen atoms in total. The van der Waals surface area contributed by atoms with E-state index in [0.29, 0.717) is 17.6 Å². The summed E-state index contributed by atoms with van der Waals surface area (Å²) in [6.45, 7) is 4.47. The topological polar surface area (TPSA) is 81.2 Å². The summed E-state index contributed by atoms with van der Waals surface area (Å²) < 4.78 is 33.8. The van der Waals surface area contributed by atoms with Crippen LogP contribution < -0.4 is 9.46 Å². The fraction of sp³-hybridized carbons (Fsp3) is 0.300. The van der Waals surface area contributed by atoms with Crippen molar-refractivity contribution in [2.75, 3.05) is 11.3 Å². The summed E-state index contributed by atoms with van der Waals surface area (Å²) in [6.07, 6.45) is 2.97. The quantitative estimate of drug-likeness (QED) is 0.585. The number of sulfonamides is 1. The van der Waals surface area contributed by atoms with Gasteiger partial charge in [-0.3, -0.25) is 4.72 Å². The summed E-state index contributed by atoms with van der Waals surface area (Å²) in [5.74, 6) is 0.297. The smallest absolute Gasteiger partial charge is 0.263 e. The molecule has 142 valence electrons. The number of rotatable bonds is 8. The Bertz CT molecular complexity index is 1020. The predicted octanol–water partition coefficient (Wildman–Crippen LogP) is 4.31. The van der Waals surface area contributed by atoms with Gasteiger partial charge in [0.15, 0.2) is 0 Å². The first-order valence-electron chi connectivity index (χ1n) is 8.98. The number of ether oxygens (including phenoxy) is 1. The molecule has 0 atom stereocenters. The Hall–Kier alpha value is -2.67. The van der Waals surface area contributed by atoms with E-state index in [9.17, 15) is 8.42 Å². The van der Waals surface area contributed by atoms with E-state index < -0.39 is 10.0 Å². The molecule has 0 radical (unpaired) electrons. The van der Waals surface area contributed by atoms with E-state index in [2.05, 4.69) is 21.6 Å². The second-order valence-electron chi connectivity index (χ2n) is 6.34. The SMILES string of the molecule is CCCCCOc1nc2ccccc2nc1NS(=O)(=O)c1ccc(C)cc1. The van der Waals surface area contributed by atoms with E-state index in [1.807, 2.05) is 25.1 Å². The van der Waals surface area contributed by atoms with Crippen LogP contribution in [-0.4, -0.2) is 25.0 Å². The third-order valence-electron chi connectivity index (χ3n) is 4.09. The molecule has 0 aliphatic rings. The average Bonchev–Trinajstić information content (AvgIpc) is 2.65. The molecule has 1 N–H and O–H groups in total. The van der Waals surface area contributed by atoms with Gasteiger partial charge in [0.2, 0.25) is 5.82 Å². The number of hydrogen-bond donors (Lipinski definition) is 1. The van der Waals surface area contributed by atoms with Crippen molar-refractivity contribution in [2.45, 2.75) is 38.0 Å². The normalized spacial score (nSPS) is 11.5. The van der Waals surface area contributed by atoms with E-state index in [1.165, 1.54) is 0 Å². The van der Waals surface area contributed by atoms with Gasteiger partial charge in [-0.25, -0.2) is 18.4 Å². The molecule has 0 unspecified atom stereocenters. The van der Waals surface area contributed by atoms with Crippen LogP contribution in [0.2, 0.25) is 0 Å². The van der Waals surface area contributed by atoms with Gasteiger partial charge in [-0.1, -0.05) is 49.6 Å². The molecule has 0 saturated carbocycles. The van der Waals surface area contributed by atoms with Crippen molar-refractivity contribution < 1.29 is 13.2 Å². The largest absolute Gasteiger partial charge is 0.475 e. The summed E-state index contributed by atoms with van der Waals surface area (Å²) in [5, 5.41) is 0. The fourth-order valence-corrected chi connectivity index (χ4v) is 3.58. The standard InChI is InChI=1S/C20H23N3O3S/c1-3-4-7-14-26-20-19(21-17-8-5-6-9-18(17)22-20)23-27(24,25)16-12-10-15(2)11-13-16/h5-6,8-13H,3-4,7,14H2,1-2H3,(H,21,23). The number of unbranched alkanes of at least 4 members (excludes halogenated alkanes) is 2. The Morgan fingerprint density at radius 2 is 1.63 bits per heavy atom. The Balaban J connectivity index is 1.94. The summed E-state index contributed by atoms with van der Waals surface area (Å²) in [5.41, 5.74) is 2.24. The molecule has 0 fully saturated rings. The highest BCUT2D eigenvalue weighted by atomic mass is 32.2. The summed E-state index contributed by atoms with van der Waals surface area (Å²) in [6, 6.07) is 13.9. The molecule has 0 aliphatic heterocycles. The van der Waals surface area contributed by atoms with Gasteiger partial charge in [0, 0.05) is 0 Å². The molecule has 1 heterocycles. The Kier molecular flexibility index (Phi) is 5.91. The van der Waals surface area contributed by atoms with Crippen LogP contribution in [0.15, 0.2) is 53.4 Å². The Labute approximate surface area is 159 Å². The molecule has 0 spiro atoms. The first kappa shape index (κ1) is 19.1. The molecule has 1 aromatic heterocycles. The number of nitrogens with zero attached hydrogens (tertiary/aromatic N) is 2. The number of para-hydroxylation sites is 2. The van der Waals surface area contributed by atoms with Crippen molar-refractivity contribution in [2.24, 2.45) is 0 Å². The Morgan fingerprint density at radius 3 is 2.30 bits per heavy atom. The number of aryl methyl sites for hydroxylation is 1. The minimum Gasteiger partial charge on any atom is -0.475 e. The van der Waals surface area contributed by atoms with Crippen LogP contribution in [0.5, 0.6) is 5.88 Å². The van der Waals surface area contributed by atoms with Crippen LogP contribution in [0.1, 0.15) is 31.7 Å². The lowest BCUT2D eigenvalue weighted by molar-refractivity contribution is 0.297. The molecule has 0 aliphatic carbocycles. The first-order valence-corrected chi connectivity index (χ1v) is 10.5. The predicted molar refractivity (Wildman–Crippen MR) is 107 cm³/mol. The van der Waals surface area contributed by atoms with Crippen molar-refractivity contribution in [3.05, 3.63) is 54.1 Å². The number of anilines is 1. The zero-order chi connectivity index (χ0) is 19.3. The van der Waals surface area contributed by atoms with Gasteiger partial charge in [-0.15, -0.1) is 0 Å². The number of aromatic nitrogens is 2.